The third-order valence-electron chi connectivity index (χ3n) is 2.63. The molecule has 0 aliphatic carbocycles. The van der Waals surface area contributed by atoms with Gasteiger partial charge in [0.25, 0.3) is 0 Å². The highest BCUT2D eigenvalue weighted by atomic mass is 79.9. The van der Waals surface area contributed by atoms with E-state index >= 15 is 0 Å². The van der Waals surface area contributed by atoms with Gasteiger partial charge in [-0.05, 0) is 40.9 Å². The Morgan fingerprint density at radius 2 is 2.10 bits per heavy atom. The Bertz CT molecular complexity index is 536. The second-order valence-electron chi connectivity index (χ2n) is 4.65. The molecule has 0 aromatic heterocycles. The van der Waals surface area contributed by atoms with Crippen molar-refractivity contribution in [3.05, 3.63) is 21.6 Å². The fourth-order valence-corrected chi connectivity index (χ4v) is 2.76. The van der Waals surface area contributed by atoms with E-state index in [2.05, 4.69) is 21.2 Å². The van der Waals surface area contributed by atoms with E-state index < -0.39 is 5.97 Å². The number of benzene rings is 1. The van der Waals surface area contributed by atoms with Gasteiger partial charge in [-0.3, -0.25) is 9.59 Å². The van der Waals surface area contributed by atoms with Crippen LogP contribution in [0.15, 0.2) is 16.6 Å². The van der Waals surface area contributed by atoms with E-state index in [4.69, 9.17) is 21.4 Å². The fourth-order valence-electron chi connectivity index (χ4n) is 1.83. The number of nitrogens with one attached hydrogen (secondary N) is 1. The quantitative estimate of drug-likeness (QED) is 0.753. The van der Waals surface area contributed by atoms with Crippen LogP contribution in [0, 0.1) is 5.92 Å². The van der Waals surface area contributed by atoms with E-state index in [0.717, 1.165) is 0 Å². The SMILES string of the molecule is CCOc1c(Br)cc(Cl)cc1NC(=O)CC(C)CC(=O)O. The van der Waals surface area contributed by atoms with Crippen LogP contribution in [0.1, 0.15) is 26.7 Å². The Labute approximate surface area is 136 Å². The number of halogens is 2. The van der Waals surface area contributed by atoms with Crippen LogP contribution < -0.4 is 10.1 Å². The first kappa shape index (κ1) is 17.8. The lowest BCUT2D eigenvalue weighted by atomic mass is 10.0. The Morgan fingerprint density at radius 1 is 1.43 bits per heavy atom. The summed E-state index contributed by atoms with van der Waals surface area (Å²) in [5, 5.41) is 11.9. The van der Waals surface area contributed by atoms with Gasteiger partial charge in [-0.2, -0.15) is 0 Å². The van der Waals surface area contributed by atoms with Crippen LogP contribution in [0.2, 0.25) is 5.02 Å². The molecular weight excluding hydrogens is 362 g/mol. The second-order valence-corrected chi connectivity index (χ2v) is 5.94. The average Bonchev–Trinajstić information content (AvgIpc) is 2.31. The highest BCUT2D eigenvalue weighted by Gasteiger charge is 2.16. The summed E-state index contributed by atoms with van der Waals surface area (Å²) in [5.74, 6) is -0.948. The average molecular weight is 379 g/mol. The van der Waals surface area contributed by atoms with Gasteiger partial charge in [-0.25, -0.2) is 0 Å². The number of hydrogen-bond acceptors (Lipinski definition) is 3. The summed E-state index contributed by atoms with van der Waals surface area (Å²) in [6.07, 6.45) is 0.0625. The molecule has 0 bridgehead atoms. The minimum absolute atomic E-state index is 0.0506. The van der Waals surface area contributed by atoms with Crippen molar-refractivity contribution in [3.63, 3.8) is 0 Å². The molecule has 21 heavy (non-hydrogen) atoms. The monoisotopic (exact) mass is 377 g/mol. The van der Waals surface area contributed by atoms with Crippen molar-refractivity contribution in [3.8, 4) is 5.75 Å². The third kappa shape index (κ3) is 5.93. The molecule has 7 heteroatoms. The first-order valence-corrected chi connectivity index (χ1v) is 7.64. The number of rotatable bonds is 7. The maximum atomic E-state index is 12.0. The first-order chi connectivity index (χ1) is 9.83. The first-order valence-electron chi connectivity index (χ1n) is 6.47. The van der Waals surface area contributed by atoms with Crippen LogP contribution in [0.4, 0.5) is 5.69 Å². The topological polar surface area (TPSA) is 75.6 Å². The van der Waals surface area contributed by atoms with Crippen LogP contribution in [-0.2, 0) is 9.59 Å². The summed E-state index contributed by atoms with van der Waals surface area (Å²) >= 11 is 9.30. The molecule has 1 atom stereocenters. The number of carboxylic acids is 1. The Hall–Kier alpha value is -1.27. The van der Waals surface area contributed by atoms with Gasteiger partial charge in [0.1, 0.15) is 0 Å². The zero-order chi connectivity index (χ0) is 16.0. The molecule has 0 saturated heterocycles. The second kappa shape index (κ2) is 8.24. The lowest BCUT2D eigenvalue weighted by molar-refractivity contribution is -0.138. The van der Waals surface area contributed by atoms with Gasteiger partial charge in [0.15, 0.2) is 5.75 Å². The maximum absolute atomic E-state index is 12.0. The van der Waals surface area contributed by atoms with E-state index in [0.29, 0.717) is 27.5 Å². The van der Waals surface area contributed by atoms with Crippen molar-refractivity contribution in [1.29, 1.82) is 0 Å². The normalized spacial score (nSPS) is 11.8. The molecule has 116 valence electrons. The zero-order valence-corrected chi connectivity index (χ0v) is 14.1. The van der Waals surface area contributed by atoms with Crippen molar-refractivity contribution in [2.75, 3.05) is 11.9 Å². The van der Waals surface area contributed by atoms with Crippen LogP contribution in [0.3, 0.4) is 0 Å². The van der Waals surface area contributed by atoms with Crippen LogP contribution in [0.5, 0.6) is 5.75 Å². The minimum Gasteiger partial charge on any atom is -0.491 e. The van der Waals surface area contributed by atoms with E-state index in [9.17, 15) is 9.59 Å². The number of ether oxygens (including phenoxy) is 1. The van der Waals surface area contributed by atoms with Gasteiger partial charge < -0.3 is 15.2 Å². The molecule has 2 N–H and O–H groups in total. The molecule has 0 fully saturated rings. The Kier molecular flexibility index (Phi) is 6.98. The summed E-state index contributed by atoms with van der Waals surface area (Å²) in [6, 6.07) is 3.27. The molecular formula is C14H17BrClNO4. The lowest BCUT2D eigenvalue weighted by Crippen LogP contribution is -2.17. The minimum atomic E-state index is -0.921. The predicted molar refractivity (Wildman–Crippen MR) is 85.0 cm³/mol. The summed E-state index contributed by atoms with van der Waals surface area (Å²) in [7, 11) is 0. The smallest absolute Gasteiger partial charge is 0.303 e. The summed E-state index contributed by atoms with van der Waals surface area (Å²) in [4.78, 5) is 22.6. The maximum Gasteiger partial charge on any atom is 0.303 e. The van der Waals surface area contributed by atoms with Crippen LogP contribution in [-0.4, -0.2) is 23.6 Å². The highest BCUT2D eigenvalue weighted by Crippen LogP contribution is 2.36. The highest BCUT2D eigenvalue weighted by molar-refractivity contribution is 9.10. The van der Waals surface area contributed by atoms with Gasteiger partial charge in [0.2, 0.25) is 5.91 Å². The van der Waals surface area contributed by atoms with Crippen molar-refractivity contribution in [2.24, 2.45) is 5.92 Å². The summed E-state index contributed by atoms with van der Waals surface area (Å²) in [6.45, 7) is 3.99. The van der Waals surface area contributed by atoms with Gasteiger partial charge in [0, 0.05) is 17.9 Å². The molecule has 5 nitrogen and oxygen atoms in total. The van der Waals surface area contributed by atoms with Crippen molar-refractivity contribution >= 4 is 45.1 Å². The van der Waals surface area contributed by atoms with Crippen molar-refractivity contribution in [1.82, 2.24) is 0 Å². The number of hydrogen-bond donors (Lipinski definition) is 2. The molecule has 0 heterocycles. The van der Waals surface area contributed by atoms with Gasteiger partial charge in [0.05, 0.1) is 16.8 Å². The molecule has 1 amide bonds. The number of amides is 1. The summed E-state index contributed by atoms with van der Waals surface area (Å²) < 4.78 is 6.12. The largest absolute Gasteiger partial charge is 0.491 e. The number of anilines is 1. The molecule has 0 saturated carbocycles. The summed E-state index contributed by atoms with van der Waals surface area (Å²) in [5.41, 5.74) is 0.462. The van der Waals surface area contributed by atoms with Crippen LogP contribution in [0.25, 0.3) is 0 Å². The molecule has 1 aromatic carbocycles. The third-order valence-corrected chi connectivity index (χ3v) is 3.44. The number of carbonyl (C=O) groups is 2. The zero-order valence-electron chi connectivity index (χ0n) is 11.8. The van der Waals surface area contributed by atoms with E-state index in [1.165, 1.54) is 0 Å². The van der Waals surface area contributed by atoms with E-state index in [-0.39, 0.29) is 24.7 Å². The van der Waals surface area contributed by atoms with Gasteiger partial charge in [-0.1, -0.05) is 18.5 Å². The van der Waals surface area contributed by atoms with Gasteiger partial charge in [-0.15, -0.1) is 0 Å². The number of carboxylic acid groups (broad SMARTS) is 1. The van der Waals surface area contributed by atoms with Crippen LogP contribution >= 0.6 is 27.5 Å². The van der Waals surface area contributed by atoms with Crippen molar-refractivity contribution in [2.45, 2.75) is 26.7 Å². The van der Waals surface area contributed by atoms with E-state index in [1.807, 2.05) is 6.92 Å². The molecule has 0 aliphatic heterocycles. The predicted octanol–water partition coefficient (Wildman–Crippen LogP) is 3.94. The lowest BCUT2D eigenvalue weighted by Gasteiger charge is -2.15. The standard InChI is InChI=1S/C14H17BrClNO4/c1-3-21-14-10(15)6-9(16)7-11(14)17-12(18)4-8(2)5-13(19)20/h6-8H,3-5H2,1-2H3,(H,17,18)(H,19,20). The Balaban J connectivity index is 2.81. The molecule has 0 spiro atoms. The molecule has 1 unspecified atom stereocenters. The molecule has 0 radical (unpaired) electrons. The van der Waals surface area contributed by atoms with Gasteiger partial charge >= 0.3 is 5.97 Å². The fraction of sp³-hybridized carbons (Fsp3) is 0.429. The molecule has 0 aliphatic rings. The molecule has 1 rings (SSSR count). The molecule has 1 aromatic rings. The number of carbonyl (C=O) groups excluding carboxylic acids is 1. The van der Waals surface area contributed by atoms with E-state index in [1.54, 1.807) is 19.1 Å². The van der Waals surface area contributed by atoms with Crippen molar-refractivity contribution < 1.29 is 19.4 Å². The number of aliphatic carboxylic acids is 1. The Morgan fingerprint density at radius 3 is 2.67 bits per heavy atom.